The molecule has 0 saturated carbocycles. The molecule has 0 fully saturated rings. The van der Waals surface area contributed by atoms with Crippen molar-refractivity contribution >= 4 is 11.6 Å². The van der Waals surface area contributed by atoms with E-state index >= 15 is 0 Å². The number of hydrogen-bond donors (Lipinski definition) is 0. The van der Waals surface area contributed by atoms with Crippen LogP contribution < -0.4 is 0 Å². The summed E-state index contributed by atoms with van der Waals surface area (Å²) in [5.41, 5.74) is 1.96. The molecule has 5 heteroatoms. The molecule has 0 aromatic carbocycles. The summed E-state index contributed by atoms with van der Waals surface area (Å²) >= 11 is 5.66. The number of halogens is 1. The molecule has 0 N–H and O–H groups in total. The van der Waals surface area contributed by atoms with Crippen molar-refractivity contribution in [3.8, 4) is 5.82 Å². The molecule has 0 aliphatic carbocycles. The van der Waals surface area contributed by atoms with Gasteiger partial charge in [0.15, 0.2) is 5.82 Å². The lowest BCUT2D eigenvalue weighted by Crippen LogP contribution is -1.98. The van der Waals surface area contributed by atoms with E-state index in [1.807, 2.05) is 37.0 Å². The Morgan fingerprint density at radius 3 is 2.71 bits per heavy atom. The van der Waals surface area contributed by atoms with Crippen LogP contribution in [0.1, 0.15) is 11.4 Å². The minimum atomic E-state index is 0.429. The molecule has 14 heavy (non-hydrogen) atoms. The van der Waals surface area contributed by atoms with Crippen molar-refractivity contribution in [1.29, 1.82) is 0 Å². The van der Waals surface area contributed by atoms with Crippen LogP contribution in [-0.2, 0) is 12.9 Å². The van der Waals surface area contributed by atoms with Gasteiger partial charge < -0.3 is 0 Å². The maximum Gasteiger partial charge on any atom is 0.175 e. The molecule has 0 bridgehead atoms. The number of aromatic nitrogens is 4. The van der Waals surface area contributed by atoms with Gasteiger partial charge in [0.05, 0.1) is 11.6 Å². The van der Waals surface area contributed by atoms with Crippen molar-refractivity contribution in [1.82, 2.24) is 19.6 Å². The van der Waals surface area contributed by atoms with E-state index in [4.69, 9.17) is 11.6 Å². The van der Waals surface area contributed by atoms with Crippen LogP contribution in [-0.4, -0.2) is 19.6 Å². The van der Waals surface area contributed by atoms with Crippen LogP contribution in [0.2, 0.25) is 0 Å². The van der Waals surface area contributed by atoms with E-state index in [0.717, 1.165) is 17.2 Å². The lowest BCUT2D eigenvalue weighted by molar-refractivity contribution is 0.711. The van der Waals surface area contributed by atoms with Crippen molar-refractivity contribution in [2.45, 2.75) is 12.8 Å². The first kappa shape index (κ1) is 9.27. The van der Waals surface area contributed by atoms with Crippen LogP contribution in [0.3, 0.4) is 0 Å². The molecule has 0 atom stereocenters. The van der Waals surface area contributed by atoms with Crippen LogP contribution in [0.15, 0.2) is 18.3 Å². The lowest BCUT2D eigenvalue weighted by atomic mass is 10.5. The molecule has 2 rings (SSSR count). The molecule has 0 unspecified atom stereocenters. The fourth-order valence-corrected chi connectivity index (χ4v) is 1.36. The molecule has 74 valence electrons. The molecule has 0 radical (unpaired) electrons. The fraction of sp³-hybridized carbons (Fsp3) is 0.333. The van der Waals surface area contributed by atoms with E-state index in [0.29, 0.717) is 5.88 Å². The maximum absolute atomic E-state index is 5.66. The van der Waals surface area contributed by atoms with Gasteiger partial charge in [-0.15, -0.1) is 11.6 Å². The highest BCUT2D eigenvalue weighted by atomic mass is 35.5. The number of aryl methyl sites for hydroxylation is 2. The third-order valence-corrected chi connectivity index (χ3v) is 2.39. The largest absolute Gasteiger partial charge is 0.271 e. The van der Waals surface area contributed by atoms with Gasteiger partial charge in [-0.2, -0.15) is 10.2 Å². The Balaban J connectivity index is 2.39. The van der Waals surface area contributed by atoms with Crippen molar-refractivity contribution in [2.75, 3.05) is 0 Å². The number of alkyl halides is 1. The molecule has 0 spiro atoms. The second-order valence-corrected chi connectivity index (χ2v) is 3.42. The van der Waals surface area contributed by atoms with Gasteiger partial charge in [-0.1, -0.05) is 0 Å². The summed E-state index contributed by atoms with van der Waals surface area (Å²) in [6, 6.07) is 3.86. The zero-order valence-electron chi connectivity index (χ0n) is 8.11. The Labute approximate surface area is 87.1 Å². The third kappa shape index (κ3) is 1.53. The first-order valence-corrected chi connectivity index (χ1v) is 4.85. The summed E-state index contributed by atoms with van der Waals surface area (Å²) < 4.78 is 3.54. The highest BCUT2D eigenvalue weighted by Gasteiger charge is 2.04. The second-order valence-electron chi connectivity index (χ2n) is 3.15. The predicted octanol–water partition coefficient (Wildman–Crippen LogP) is 1.65. The van der Waals surface area contributed by atoms with Gasteiger partial charge in [0.1, 0.15) is 0 Å². The van der Waals surface area contributed by atoms with E-state index in [1.165, 1.54) is 0 Å². The summed E-state index contributed by atoms with van der Waals surface area (Å²) in [6.07, 6.45) is 1.86. The summed E-state index contributed by atoms with van der Waals surface area (Å²) in [4.78, 5) is 0. The van der Waals surface area contributed by atoms with Crippen LogP contribution in [0, 0.1) is 6.92 Å². The van der Waals surface area contributed by atoms with E-state index in [9.17, 15) is 0 Å². The summed E-state index contributed by atoms with van der Waals surface area (Å²) in [7, 11) is 1.91. The Morgan fingerprint density at radius 2 is 2.21 bits per heavy atom. The van der Waals surface area contributed by atoms with E-state index in [-0.39, 0.29) is 0 Å². The molecule has 0 aliphatic rings. The van der Waals surface area contributed by atoms with Gasteiger partial charge in [0.25, 0.3) is 0 Å². The van der Waals surface area contributed by atoms with Gasteiger partial charge in [-0.3, -0.25) is 4.68 Å². The van der Waals surface area contributed by atoms with Gasteiger partial charge in [0, 0.05) is 25.0 Å². The van der Waals surface area contributed by atoms with Crippen LogP contribution in [0.25, 0.3) is 5.82 Å². The molecule has 2 aromatic heterocycles. The zero-order chi connectivity index (χ0) is 10.1. The minimum Gasteiger partial charge on any atom is -0.271 e. The highest BCUT2D eigenvalue weighted by Crippen LogP contribution is 2.08. The Bertz CT molecular complexity index is 424. The van der Waals surface area contributed by atoms with Gasteiger partial charge in [-0.25, -0.2) is 4.68 Å². The minimum absolute atomic E-state index is 0.429. The molecule has 2 aromatic rings. The first-order chi connectivity index (χ1) is 6.70. The number of nitrogens with zero attached hydrogens (tertiary/aromatic N) is 4. The predicted molar refractivity (Wildman–Crippen MR) is 54.6 cm³/mol. The standard InChI is InChI=1S/C9H11ClN4/c1-7-5-9(12-13(7)2)14-4-3-8(6-10)11-14/h3-5H,6H2,1-2H3. The third-order valence-electron chi connectivity index (χ3n) is 2.12. The lowest BCUT2D eigenvalue weighted by Gasteiger charge is -1.93. The SMILES string of the molecule is Cc1cc(-n2ccc(CCl)n2)nn1C. The molecular formula is C9H11ClN4. The number of rotatable bonds is 2. The fourth-order valence-electron chi connectivity index (χ4n) is 1.21. The highest BCUT2D eigenvalue weighted by molar-refractivity contribution is 6.16. The molecule has 2 heterocycles. The van der Waals surface area contributed by atoms with Crippen molar-refractivity contribution < 1.29 is 0 Å². The smallest absolute Gasteiger partial charge is 0.175 e. The average molecular weight is 211 g/mol. The van der Waals surface area contributed by atoms with Crippen LogP contribution >= 0.6 is 11.6 Å². The molecule has 0 aliphatic heterocycles. The quantitative estimate of drug-likeness (QED) is 0.707. The Hall–Kier alpha value is -1.29. The monoisotopic (exact) mass is 210 g/mol. The van der Waals surface area contributed by atoms with E-state index in [2.05, 4.69) is 10.2 Å². The van der Waals surface area contributed by atoms with Gasteiger partial charge in [-0.05, 0) is 13.0 Å². The van der Waals surface area contributed by atoms with Crippen LogP contribution in [0.5, 0.6) is 0 Å². The maximum atomic E-state index is 5.66. The van der Waals surface area contributed by atoms with Crippen LogP contribution in [0.4, 0.5) is 0 Å². The summed E-state index contributed by atoms with van der Waals surface area (Å²) in [5.74, 6) is 1.25. The Morgan fingerprint density at radius 1 is 1.43 bits per heavy atom. The molecule has 0 saturated heterocycles. The molecule has 0 amide bonds. The van der Waals surface area contributed by atoms with Gasteiger partial charge >= 0.3 is 0 Å². The molecular weight excluding hydrogens is 200 g/mol. The molecule has 4 nitrogen and oxygen atoms in total. The second kappa shape index (κ2) is 3.46. The van der Waals surface area contributed by atoms with Crippen molar-refractivity contribution in [3.05, 3.63) is 29.7 Å². The average Bonchev–Trinajstić information content (AvgIpc) is 2.74. The van der Waals surface area contributed by atoms with E-state index < -0.39 is 0 Å². The number of hydrogen-bond acceptors (Lipinski definition) is 2. The topological polar surface area (TPSA) is 35.6 Å². The van der Waals surface area contributed by atoms with Gasteiger partial charge in [0.2, 0.25) is 0 Å². The van der Waals surface area contributed by atoms with Crippen molar-refractivity contribution in [2.24, 2.45) is 7.05 Å². The summed E-state index contributed by atoms with van der Waals surface area (Å²) in [5, 5.41) is 8.56. The van der Waals surface area contributed by atoms with E-state index in [1.54, 1.807) is 4.68 Å². The van der Waals surface area contributed by atoms with Crippen molar-refractivity contribution in [3.63, 3.8) is 0 Å². The Kier molecular flexibility index (Phi) is 2.29. The first-order valence-electron chi connectivity index (χ1n) is 4.32. The zero-order valence-corrected chi connectivity index (χ0v) is 8.86. The summed E-state index contributed by atoms with van der Waals surface area (Å²) in [6.45, 7) is 2.00. The normalized spacial score (nSPS) is 10.8.